The molecule has 0 saturated carbocycles. The van der Waals surface area contributed by atoms with Crippen molar-refractivity contribution in [1.82, 2.24) is 5.01 Å². The molecule has 2 aromatic rings. The molecule has 0 N–H and O–H groups in total. The molecule has 2 aromatic carbocycles. The van der Waals surface area contributed by atoms with Gasteiger partial charge in [-0.3, -0.25) is 0 Å². The van der Waals surface area contributed by atoms with Gasteiger partial charge in [-0.1, -0.05) is 59.6 Å². The Kier molecular flexibility index (Phi) is 3.87. The van der Waals surface area contributed by atoms with Crippen molar-refractivity contribution in [3.8, 4) is 5.75 Å². The molecule has 4 heteroatoms. The normalized spacial score (nSPS) is 24.9. The first-order valence-electron chi connectivity index (χ1n) is 8.51. The van der Waals surface area contributed by atoms with Gasteiger partial charge in [0.25, 0.3) is 0 Å². The fraction of sp³-hybridized carbons (Fsp3) is 0.350. The average Bonchev–Trinajstić information content (AvgIpc) is 3.02. The summed E-state index contributed by atoms with van der Waals surface area (Å²) in [6.07, 6.45) is 2.93. The Hall–Kier alpha value is -1.81. The standard InChI is InChI=1S/C20H21BrN2O/c1-3-12-20(2)23-18(16-6-4-5-7-19(16)24-20)13-17(22-23)14-8-10-15(21)11-9-14/h4-11,18H,3,12-13H2,1-2H3/t18-,20-/m1/s1. The lowest BCUT2D eigenvalue weighted by Gasteiger charge is -2.45. The summed E-state index contributed by atoms with van der Waals surface area (Å²) in [5.74, 6) is 1.00. The second-order valence-corrected chi connectivity index (χ2v) is 7.60. The summed E-state index contributed by atoms with van der Waals surface area (Å²) < 4.78 is 7.48. The van der Waals surface area contributed by atoms with E-state index in [9.17, 15) is 0 Å². The van der Waals surface area contributed by atoms with E-state index in [0.29, 0.717) is 0 Å². The molecule has 0 spiro atoms. The highest BCUT2D eigenvalue weighted by Gasteiger charge is 2.46. The summed E-state index contributed by atoms with van der Waals surface area (Å²) in [4.78, 5) is 0. The van der Waals surface area contributed by atoms with E-state index in [1.807, 2.05) is 6.07 Å². The van der Waals surface area contributed by atoms with Crippen molar-refractivity contribution >= 4 is 21.6 Å². The highest BCUT2D eigenvalue weighted by molar-refractivity contribution is 9.10. The molecule has 0 aliphatic carbocycles. The molecule has 0 unspecified atom stereocenters. The maximum absolute atomic E-state index is 6.39. The maximum atomic E-state index is 6.39. The number of fused-ring (bicyclic) bond motifs is 3. The monoisotopic (exact) mass is 384 g/mol. The molecule has 0 aromatic heterocycles. The van der Waals surface area contributed by atoms with E-state index in [2.05, 4.69) is 77.3 Å². The highest BCUT2D eigenvalue weighted by atomic mass is 79.9. The highest BCUT2D eigenvalue weighted by Crippen LogP contribution is 2.47. The van der Waals surface area contributed by atoms with E-state index < -0.39 is 0 Å². The maximum Gasteiger partial charge on any atom is 0.195 e. The minimum atomic E-state index is -0.384. The van der Waals surface area contributed by atoms with Crippen LogP contribution in [-0.4, -0.2) is 16.4 Å². The summed E-state index contributed by atoms with van der Waals surface area (Å²) in [5, 5.41) is 7.18. The third-order valence-corrected chi connectivity index (χ3v) is 5.42. The average molecular weight is 385 g/mol. The van der Waals surface area contributed by atoms with Gasteiger partial charge >= 0.3 is 0 Å². The van der Waals surface area contributed by atoms with Crippen molar-refractivity contribution in [3.63, 3.8) is 0 Å². The minimum Gasteiger partial charge on any atom is -0.466 e. The van der Waals surface area contributed by atoms with Gasteiger partial charge in [0.15, 0.2) is 5.72 Å². The first kappa shape index (κ1) is 15.7. The Morgan fingerprint density at radius 2 is 1.96 bits per heavy atom. The van der Waals surface area contributed by atoms with Crippen molar-refractivity contribution in [1.29, 1.82) is 0 Å². The van der Waals surface area contributed by atoms with Crippen LogP contribution in [0.1, 0.15) is 50.3 Å². The summed E-state index contributed by atoms with van der Waals surface area (Å²) in [5.41, 5.74) is 3.17. The summed E-state index contributed by atoms with van der Waals surface area (Å²) in [7, 11) is 0. The predicted molar refractivity (Wildman–Crippen MR) is 100 cm³/mol. The van der Waals surface area contributed by atoms with Gasteiger partial charge in [0.05, 0.1) is 11.8 Å². The molecule has 2 heterocycles. The summed E-state index contributed by atoms with van der Waals surface area (Å²) in [6.45, 7) is 4.35. The number of hydrogen-bond donors (Lipinski definition) is 0. The fourth-order valence-corrected chi connectivity index (χ4v) is 4.03. The lowest BCUT2D eigenvalue weighted by Crippen LogP contribution is -2.51. The van der Waals surface area contributed by atoms with E-state index in [1.54, 1.807) is 0 Å². The zero-order valence-corrected chi connectivity index (χ0v) is 15.6. The van der Waals surface area contributed by atoms with E-state index in [-0.39, 0.29) is 11.8 Å². The Balaban J connectivity index is 1.76. The topological polar surface area (TPSA) is 24.8 Å². The fourth-order valence-electron chi connectivity index (χ4n) is 3.77. The second-order valence-electron chi connectivity index (χ2n) is 6.68. The molecule has 3 nitrogen and oxygen atoms in total. The van der Waals surface area contributed by atoms with Gasteiger partial charge in [0.2, 0.25) is 0 Å². The van der Waals surface area contributed by atoms with Crippen LogP contribution in [0.5, 0.6) is 5.75 Å². The number of hydrogen-bond acceptors (Lipinski definition) is 3. The minimum absolute atomic E-state index is 0.255. The molecular weight excluding hydrogens is 364 g/mol. The third kappa shape index (κ3) is 2.53. The molecule has 0 fully saturated rings. The van der Waals surface area contributed by atoms with E-state index in [1.165, 1.54) is 11.1 Å². The molecule has 2 atom stereocenters. The van der Waals surface area contributed by atoms with Gasteiger partial charge < -0.3 is 4.74 Å². The van der Waals surface area contributed by atoms with Crippen molar-refractivity contribution in [2.24, 2.45) is 5.10 Å². The van der Waals surface area contributed by atoms with Crippen molar-refractivity contribution in [3.05, 3.63) is 64.1 Å². The Bertz CT molecular complexity index is 786. The van der Waals surface area contributed by atoms with Gasteiger partial charge in [0, 0.05) is 22.9 Å². The Morgan fingerprint density at radius 3 is 2.71 bits per heavy atom. The number of hydrazone groups is 1. The van der Waals surface area contributed by atoms with Gasteiger partial charge in [-0.05, 0) is 30.7 Å². The first-order chi connectivity index (χ1) is 11.6. The summed E-state index contributed by atoms with van der Waals surface area (Å²) >= 11 is 3.50. The van der Waals surface area contributed by atoms with Crippen LogP contribution in [0.3, 0.4) is 0 Å². The molecule has 124 valence electrons. The summed E-state index contributed by atoms with van der Waals surface area (Å²) in [6, 6.07) is 17.0. The number of ether oxygens (including phenoxy) is 1. The molecule has 4 rings (SSSR count). The zero-order chi connectivity index (χ0) is 16.7. The molecule has 0 amide bonds. The Morgan fingerprint density at radius 1 is 1.21 bits per heavy atom. The van der Waals surface area contributed by atoms with Crippen LogP contribution in [0.15, 0.2) is 58.1 Å². The third-order valence-electron chi connectivity index (χ3n) is 4.89. The molecule has 2 aliphatic rings. The molecule has 0 saturated heterocycles. The molecule has 0 radical (unpaired) electrons. The van der Waals surface area contributed by atoms with Crippen molar-refractivity contribution in [2.45, 2.75) is 44.9 Å². The molecule has 2 aliphatic heterocycles. The van der Waals surface area contributed by atoms with Crippen molar-refractivity contribution < 1.29 is 4.74 Å². The lowest BCUT2D eigenvalue weighted by molar-refractivity contribution is -0.111. The molecular formula is C20H21BrN2O. The van der Waals surface area contributed by atoms with Gasteiger partial charge in [-0.2, -0.15) is 5.10 Å². The van der Waals surface area contributed by atoms with Gasteiger partial charge in [0.1, 0.15) is 5.75 Å². The van der Waals surface area contributed by atoms with E-state index in [4.69, 9.17) is 9.84 Å². The predicted octanol–water partition coefficient (Wildman–Crippen LogP) is 5.51. The van der Waals surface area contributed by atoms with Crippen LogP contribution in [0.2, 0.25) is 0 Å². The quantitative estimate of drug-likeness (QED) is 0.696. The number of rotatable bonds is 3. The first-order valence-corrected chi connectivity index (χ1v) is 9.31. The van der Waals surface area contributed by atoms with Gasteiger partial charge in [-0.25, -0.2) is 5.01 Å². The van der Waals surface area contributed by atoms with E-state index >= 15 is 0 Å². The second kappa shape index (κ2) is 5.92. The van der Waals surface area contributed by atoms with Gasteiger partial charge in [-0.15, -0.1) is 0 Å². The molecule has 24 heavy (non-hydrogen) atoms. The van der Waals surface area contributed by atoms with Crippen LogP contribution < -0.4 is 4.74 Å². The number of halogens is 1. The smallest absolute Gasteiger partial charge is 0.195 e. The van der Waals surface area contributed by atoms with Crippen LogP contribution >= 0.6 is 15.9 Å². The van der Waals surface area contributed by atoms with Crippen molar-refractivity contribution in [2.75, 3.05) is 0 Å². The van der Waals surface area contributed by atoms with Crippen LogP contribution in [0.4, 0.5) is 0 Å². The van der Waals surface area contributed by atoms with E-state index in [0.717, 1.165) is 35.2 Å². The number of benzene rings is 2. The van der Waals surface area contributed by atoms with Crippen LogP contribution in [0.25, 0.3) is 0 Å². The van der Waals surface area contributed by atoms with Crippen LogP contribution in [-0.2, 0) is 0 Å². The number of nitrogens with zero attached hydrogens (tertiary/aromatic N) is 2. The lowest BCUT2D eigenvalue weighted by atomic mass is 9.94. The SMILES string of the molecule is CCC[C@@]1(C)Oc2ccccc2[C@H]2CC(c3ccc(Br)cc3)=NN21. The number of para-hydroxylation sites is 1. The molecule has 0 bridgehead atoms. The zero-order valence-electron chi connectivity index (χ0n) is 14.0. The largest absolute Gasteiger partial charge is 0.466 e. The Labute approximate surface area is 151 Å². The van der Waals surface area contributed by atoms with Crippen LogP contribution in [0, 0.1) is 0 Å².